The van der Waals surface area contributed by atoms with Crippen LogP contribution in [0, 0.1) is 0 Å². The van der Waals surface area contributed by atoms with Gasteiger partial charge >= 0.3 is 5.97 Å². The first-order valence-electron chi connectivity index (χ1n) is 4.93. The first-order valence-corrected chi connectivity index (χ1v) is 4.93. The van der Waals surface area contributed by atoms with Gasteiger partial charge in [-0.25, -0.2) is 4.79 Å². The van der Waals surface area contributed by atoms with Gasteiger partial charge in [-0.15, -0.1) is 0 Å². The van der Waals surface area contributed by atoms with Gasteiger partial charge in [-0.2, -0.15) is 0 Å². The fourth-order valence-corrected chi connectivity index (χ4v) is 1.30. The maximum absolute atomic E-state index is 11.7. The SMILES string of the molecule is C=CCOC(=O)c1cc(N)c(OC)cc1OC. The van der Waals surface area contributed by atoms with Gasteiger partial charge in [0.15, 0.2) is 0 Å². The van der Waals surface area contributed by atoms with Crippen molar-refractivity contribution in [1.29, 1.82) is 0 Å². The highest BCUT2D eigenvalue weighted by Crippen LogP contribution is 2.31. The number of esters is 1. The molecular formula is C12H15NO4. The molecule has 5 nitrogen and oxygen atoms in total. The lowest BCUT2D eigenvalue weighted by atomic mass is 10.1. The molecule has 0 unspecified atom stereocenters. The third kappa shape index (κ3) is 2.90. The number of ether oxygens (including phenoxy) is 3. The molecule has 1 rings (SSSR count). The number of methoxy groups -OCH3 is 2. The van der Waals surface area contributed by atoms with Crippen molar-refractivity contribution in [2.45, 2.75) is 0 Å². The Balaban J connectivity index is 3.09. The van der Waals surface area contributed by atoms with Crippen molar-refractivity contribution < 1.29 is 19.0 Å². The van der Waals surface area contributed by atoms with Gasteiger partial charge < -0.3 is 19.9 Å². The number of carbonyl (C=O) groups excluding carboxylic acids is 1. The van der Waals surface area contributed by atoms with Crippen molar-refractivity contribution in [2.75, 3.05) is 26.6 Å². The van der Waals surface area contributed by atoms with Crippen molar-refractivity contribution in [1.82, 2.24) is 0 Å². The molecule has 5 heteroatoms. The van der Waals surface area contributed by atoms with Crippen LogP contribution in [-0.2, 0) is 4.74 Å². The minimum absolute atomic E-state index is 0.133. The molecule has 0 fully saturated rings. The topological polar surface area (TPSA) is 70.8 Å². The molecule has 0 saturated heterocycles. The van der Waals surface area contributed by atoms with Gasteiger partial charge in [0.1, 0.15) is 23.7 Å². The summed E-state index contributed by atoms with van der Waals surface area (Å²) in [5, 5.41) is 0. The molecule has 0 aliphatic carbocycles. The quantitative estimate of drug-likeness (QED) is 0.478. The third-order valence-electron chi connectivity index (χ3n) is 2.10. The Morgan fingerprint density at radius 3 is 2.53 bits per heavy atom. The Kier molecular flexibility index (Phi) is 4.39. The monoisotopic (exact) mass is 237 g/mol. The van der Waals surface area contributed by atoms with Gasteiger partial charge in [-0.3, -0.25) is 0 Å². The van der Waals surface area contributed by atoms with Crippen molar-refractivity contribution in [3.05, 3.63) is 30.4 Å². The number of hydrogen-bond acceptors (Lipinski definition) is 5. The van der Waals surface area contributed by atoms with Crippen LogP contribution in [0.3, 0.4) is 0 Å². The lowest BCUT2D eigenvalue weighted by Gasteiger charge is -2.11. The molecular weight excluding hydrogens is 222 g/mol. The van der Waals surface area contributed by atoms with E-state index in [1.54, 1.807) is 6.07 Å². The molecule has 0 aliphatic heterocycles. The fourth-order valence-electron chi connectivity index (χ4n) is 1.30. The first-order chi connectivity index (χ1) is 8.13. The van der Waals surface area contributed by atoms with Crippen molar-refractivity contribution in [2.24, 2.45) is 0 Å². The molecule has 0 spiro atoms. The summed E-state index contributed by atoms with van der Waals surface area (Å²) >= 11 is 0. The summed E-state index contributed by atoms with van der Waals surface area (Å²) in [5.74, 6) is 0.281. The molecule has 0 aliphatic rings. The van der Waals surface area contributed by atoms with Gasteiger partial charge in [0.05, 0.1) is 19.9 Å². The number of benzene rings is 1. The van der Waals surface area contributed by atoms with Crippen LogP contribution in [0.15, 0.2) is 24.8 Å². The van der Waals surface area contributed by atoms with Crippen LogP contribution in [0.25, 0.3) is 0 Å². The van der Waals surface area contributed by atoms with E-state index in [1.165, 1.54) is 26.4 Å². The molecule has 92 valence electrons. The Morgan fingerprint density at radius 2 is 2.00 bits per heavy atom. The normalized spacial score (nSPS) is 9.53. The third-order valence-corrected chi connectivity index (χ3v) is 2.10. The van der Waals surface area contributed by atoms with Crippen LogP contribution >= 0.6 is 0 Å². The summed E-state index contributed by atoms with van der Waals surface area (Å²) in [6, 6.07) is 3.00. The van der Waals surface area contributed by atoms with Crippen LogP contribution in [-0.4, -0.2) is 26.8 Å². The second-order valence-corrected chi connectivity index (χ2v) is 3.18. The molecule has 0 saturated carbocycles. The highest BCUT2D eigenvalue weighted by atomic mass is 16.5. The van der Waals surface area contributed by atoms with Gasteiger partial charge in [0, 0.05) is 6.07 Å². The van der Waals surface area contributed by atoms with Crippen molar-refractivity contribution >= 4 is 11.7 Å². The molecule has 0 bridgehead atoms. The van der Waals surface area contributed by atoms with E-state index in [2.05, 4.69) is 6.58 Å². The number of nitrogens with two attached hydrogens (primary N) is 1. The van der Waals surface area contributed by atoms with Crippen LogP contribution in [0.4, 0.5) is 5.69 Å². The molecule has 0 atom stereocenters. The van der Waals surface area contributed by atoms with E-state index in [9.17, 15) is 4.79 Å². The van der Waals surface area contributed by atoms with Gasteiger partial charge in [-0.1, -0.05) is 12.7 Å². The molecule has 17 heavy (non-hydrogen) atoms. The second-order valence-electron chi connectivity index (χ2n) is 3.18. The van der Waals surface area contributed by atoms with Crippen molar-refractivity contribution in [3.8, 4) is 11.5 Å². The zero-order valence-electron chi connectivity index (χ0n) is 9.86. The molecule has 2 N–H and O–H groups in total. The Bertz CT molecular complexity index is 429. The standard InChI is InChI=1S/C12H15NO4/c1-4-5-17-12(14)8-6-9(13)11(16-3)7-10(8)15-2/h4,6-7H,1,5,13H2,2-3H3. The lowest BCUT2D eigenvalue weighted by Crippen LogP contribution is -2.08. The number of carbonyl (C=O) groups is 1. The summed E-state index contributed by atoms with van der Waals surface area (Å²) < 4.78 is 15.0. The summed E-state index contributed by atoms with van der Waals surface area (Å²) in [4.78, 5) is 11.7. The highest BCUT2D eigenvalue weighted by Gasteiger charge is 2.16. The summed E-state index contributed by atoms with van der Waals surface area (Å²) in [5.41, 5.74) is 6.32. The van der Waals surface area contributed by atoms with E-state index < -0.39 is 5.97 Å². The summed E-state index contributed by atoms with van der Waals surface area (Å²) in [6.45, 7) is 3.59. The highest BCUT2D eigenvalue weighted by molar-refractivity contribution is 5.94. The summed E-state index contributed by atoms with van der Waals surface area (Å²) in [6.07, 6.45) is 1.48. The van der Waals surface area contributed by atoms with E-state index >= 15 is 0 Å². The number of hydrogen-bond donors (Lipinski definition) is 1. The first kappa shape index (κ1) is 12.9. The predicted molar refractivity (Wildman–Crippen MR) is 64.4 cm³/mol. The zero-order valence-corrected chi connectivity index (χ0v) is 9.86. The van der Waals surface area contributed by atoms with Crippen LogP contribution in [0.5, 0.6) is 11.5 Å². The van der Waals surface area contributed by atoms with Crippen LogP contribution < -0.4 is 15.2 Å². The average Bonchev–Trinajstić information content (AvgIpc) is 2.35. The van der Waals surface area contributed by atoms with E-state index in [1.807, 2.05) is 0 Å². The number of anilines is 1. The van der Waals surface area contributed by atoms with E-state index in [4.69, 9.17) is 19.9 Å². The minimum atomic E-state index is -0.517. The molecule has 0 amide bonds. The molecule has 0 aromatic heterocycles. The molecule has 0 radical (unpaired) electrons. The smallest absolute Gasteiger partial charge is 0.342 e. The second kappa shape index (κ2) is 5.79. The Hall–Kier alpha value is -2.17. The number of nitrogen functional groups attached to an aromatic ring is 1. The maximum Gasteiger partial charge on any atom is 0.342 e. The van der Waals surface area contributed by atoms with E-state index in [-0.39, 0.29) is 12.2 Å². The minimum Gasteiger partial charge on any atom is -0.496 e. The van der Waals surface area contributed by atoms with Gasteiger partial charge in [-0.05, 0) is 6.07 Å². The fraction of sp³-hybridized carbons (Fsp3) is 0.250. The van der Waals surface area contributed by atoms with E-state index in [0.717, 1.165) is 0 Å². The van der Waals surface area contributed by atoms with Gasteiger partial charge in [0.2, 0.25) is 0 Å². The Labute approximate surface area is 99.8 Å². The number of rotatable bonds is 5. The Morgan fingerprint density at radius 1 is 1.35 bits per heavy atom. The zero-order chi connectivity index (χ0) is 12.8. The average molecular weight is 237 g/mol. The van der Waals surface area contributed by atoms with Crippen molar-refractivity contribution in [3.63, 3.8) is 0 Å². The van der Waals surface area contributed by atoms with Crippen LogP contribution in [0.2, 0.25) is 0 Å². The molecule has 0 heterocycles. The maximum atomic E-state index is 11.7. The van der Waals surface area contributed by atoms with Gasteiger partial charge in [0.25, 0.3) is 0 Å². The lowest BCUT2D eigenvalue weighted by molar-refractivity contribution is 0.0546. The van der Waals surface area contributed by atoms with E-state index in [0.29, 0.717) is 17.2 Å². The van der Waals surface area contributed by atoms with Crippen LogP contribution in [0.1, 0.15) is 10.4 Å². The largest absolute Gasteiger partial charge is 0.496 e. The predicted octanol–water partition coefficient (Wildman–Crippen LogP) is 1.63. The molecule has 1 aromatic carbocycles. The molecule has 1 aromatic rings. The summed E-state index contributed by atoms with van der Waals surface area (Å²) in [7, 11) is 2.94.